The third-order valence-electron chi connectivity index (χ3n) is 6.93. The molecule has 4 aliphatic rings. The first-order valence-corrected chi connectivity index (χ1v) is 12.7. The van der Waals surface area contributed by atoms with Crippen molar-refractivity contribution in [3.63, 3.8) is 0 Å². The van der Waals surface area contributed by atoms with Gasteiger partial charge >= 0.3 is 5.97 Å². The third kappa shape index (κ3) is 4.85. The molecule has 3 aliphatic carbocycles. The Morgan fingerprint density at radius 2 is 1.87 bits per heavy atom. The van der Waals surface area contributed by atoms with Crippen LogP contribution in [-0.4, -0.2) is 54.7 Å². The molecule has 3 fully saturated rings. The molecule has 5 nitrogen and oxygen atoms in total. The summed E-state index contributed by atoms with van der Waals surface area (Å²) in [6.07, 6.45) is 2.87. The van der Waals surface area contributed by atoms with Gasteiger partial charge in [0.15, 0.2) is 0 Å². The van der Waals surface area contributed by atoms with Crippen LogP contribution in [0.1, 0.15) is 53.9 Å². The van der Waals surface area contributed by atoms with Gasteiger partial charge in [-0.3, -0.25) is 0 Å². The lowest BCUT2D eigenvalue weighted by Gasteiger charge is -2.50. The number of rotatable bonds is 3. The fraction of sp³-hybridized carbons (Fsp3) is 0.833. The van der Waals surface area contributed by atoms with Gasteiger partial charge in [0.1, 0.15) is 0 Å². The molecule has 0 aromatic rings. The zero-order valence-electron chi connectivity index (χ0n) is 19.6. The highest BCUT2D eigenvalue weighted by Gasteiger charge is 2.61. The highest BCUT2D eigenvalue weighted by atomic mass is 32.2. The molecule has 6 atom stereocenters. The van der Waals surface area contributed by atoms with E-state index in [1.807, 2.05) is 0 Å². The molecular weight excluding hydrogens is 432 g/mol. The van der Waals surface area contributed by atoms with Gasteiger partial charge in [0, 0.05) is 22.2 Å². The summed E-state index contributed by atoms with van der Waals surface area (Å²) in [6, 6.07) is 0. The van der Waals surface area contributed by atoms with Crippen molar-refractivity contribution in [3.8, 4) is 0 Å². The molecule has 0 radical (unpaired) electrons. The number of carbonyl (C=O) groups is 1. The smallest absolute Gasteiger partial charge is 0.333 e. The summed E-state index contributed by atoms with van der Waals surface area (Å²) in [5, 5.41) is 0.221. The summed E-state index contributed by atoms with van der Waals surface area (Å²) in [5.74, 6) is 0.947. The van der Waals surface area contributed by atoms with Crippen LogP contribution in [0.2, 0.25) is 0 Å². The molecule has 2 saturated carbocycles. The van der Waals surface area contributed by atoms with Gasteiger partial charge in [0.2, 0.25) is 4.38 Å². The van der Waals surface area contributed by atoms with Crippen molar-refractivity contribution in [2.75, 3.05) is 26.9 Å². The third-order valence-corrected chi connectivity index (χ3v) is 8.34. The fourth-order valence-corrected chi connectivity index (χ4v) is 7.03. The van der Waals surface area contributed by atoms with Crippen molar-refractivity contribution in [2.45, 2.75) is 71.3 Å². The molecule has 174 valence electrons. The first-order chi connectivity index (χ1) is 14.5. The van der Waals surface area contributed by atoms with Gasteiger partial charge in [-0.1, -0.05) is 52.0 Å². The first-order valence-electron chi connectivity index (χ1n) is 11.4. The lowest BCUT2D eigenvalue weighted by molar-refractivity contribution is -0.137. The molecule has 1 heterocycles. The van der Waals surface area contributed by atoms with Crippen LogP contribution in [-0.2, 0) is 23.7 Å². The molecule has 0 N–H and O–H groups in total. The van der Waals surface area contributed by atoms with Crippen molar-refractivity contribution in [1.82, 2.24) is 0 Å². The predicted octanol–water partition coefficient (Wildman–Crippen LogP) is 4.78. The molecule has 0 spiro atoms. The van der Waals surface area contributed by atoms with E-state index < -0.39 is 0 Å². The van der Waals surface area contributed by atoms with Crippen LogP contribution in [0, 0.1) is 28.6 Å². The molecule has 4 unspecified atom stereocenters. The van der Waals surface area contributed by atoms with Gasteiger partial charge in [0.25, 0.3) is 0 Å². The summed E-state index contributed by atoms with van der Waals surface area (Å²) in [7, 11) is 1.47. The monoisotopic (exact) mass is 468 g/mol. The summed E-state index contributed by atoms with van der Waals surface area (Å²) < 4.78 is 24.3. The molecule has 31 heavy (non-hydrogen) atoms. The Labute approximate surface area is 196 Å². The van der Waals surface area contributed by atoms with Crippen molar-refractivity contribution >= 4 is 34.3 Å². The van der Waals surface area contributed by atoms with Gasteiger partial charge in [0.05, 0.1) is 39.1 Å². The maximum atomic E-state index is 12.7. The van der Waals surface area contributed by atoms with E-state index in [4.69, 9.17) is 31.2 Å². The first kappa shape index (κ1) is 23.5. The number of hydrogen-bond donors (Lipinski definition) is 0. The number of esters is 1. The highest BCUT2D eigenvalue weighted by molar-refractivity contribution is 8.23. The molecular formula is C24H36O5S2. The van der Waals surface area contributed by atoms with E-state index in [0.29, 0.717) is 35.2 Å². The van der Waals surface area contributed by atoms with Gasteiger partial charge in [-0.25, -0.2) is 4.79 Å². The normalized spacial score (nSPS) is 36.5. The zero-order chi connectivity index (χ0) is 22.6. The molecule has 7 heteroatoms. The SMILES string of the molecule is COC(=O)C1=C2C(CC(SC(=S)OCC(C)(C)C)C1)[C@H]1C3OCC(C)(C)COC3C[C@@H]21. The van der Waals surface area contributed by atoms with Crippen LogP contribution < -0.4 is 0 Å². The Kier molecular flexibility index (Phi) is 6.54. The minimum Gasteiger partial charge on any atom is -0.478 e. The van der Waals surface area contributed by atoms with Crippen LogP contribution in [0.3, 0.4) is 0 Å². The second kappa shape index (κ2) is 8.62. The van der Waals surface area contributed by atoms with Crippen LogP contribution in [0.4, 0.5) is 0 Å². The molecule has 0 bridgehead atoms. The second-order valence-electron chi connectivity index (χ2n) is 11.5. The lowest BCUT2D eigenvalue weighted by Crippen LogP contribution is -2.48. The minimum atomic E-state index is -0.194. The molecule has 1 aliphatic heterocycles. The number of hydrogen-bond acceptors (Lipinski definition) is 7. The molecule has 0 aromatic heterocycles. The Bertz CT molecular complexity index is 768. The van der Waals surface area contributed by atoms with Crippen LogP contribution in [0.5, 0.6) is 0 Å². The Morgan fingerprint density at radius 3 is 2.55 bits per heavy atom. The van der Waals surface area contributed by atoms with Crippen molar-refractivity contribution in [3.05, 3.63) is 11.1 Å². The van der Waals surface area contributed by atoms with Crippen LogP contribution in [0.15, 0.2) is 11.1 Å². The van der Waals surface area contributed by atoms with Gasteiger partial charge in [-0.05, 0) is 48.7 Å². The minimum absolute atomic E-state index is 0.0426. The average Bonchev–Trinajstić information content (AvgIpc) is 2.91. The van der Waals surface area contributed by atoms with E-state index in [2.05, 4.69) is 34.6 Å². The number of carbonyl (C=O) groups excluding carboxylic acids is 1. The quantitative estimate of drug-likeness (QED) is 0.437. The number of methoxy groups -OCH3 is 1. The maximum Gasteiger partial charge on any atom is 0.333 e. The summed E-state index contributed by atoms with van der Waals surface area (Å²) in [6.45, 7) is 12.8. The largest absolute Gasteiger partial charge is 0.478 e. The lowest BCUT2D eigenvalue weighted by atomic mass is 9.56. The topological polar surface area (TPSA) is 54.0 Å². The van der Waals surface area contributed by atoms with Crippen LogP contribution >= 0.6 is 24.0 Å². The molecule has 0 aromatic carbocycles. The number of thioether (sulfide) groups is 1. The Balaban J connectivity index is 1.50. The number of ether oxygens (including phenoxy) is 4. The Hall–Kier alpha value is -0.630. The zero-order valence-corrected chi connectivity index (χ0v) is 21.2. The summed E-state index contributed by atoms with van der Waals surface area (Å²) in [4.78, 5) is 12.7. The van der Waals surface area contributed by atoms with E-state index in [1.165, 1.54) is 12.7 Å². The molecule has 1 saturated heterocycles. The average molecular weight is 469 g/mol. The highest BCUT2D eigenvalue weighted by Crippen LogP contribution is 2.62. The van der Waals surface area contributed by atoms with Gasteiger partial charge < -0.3 is 18.9 Å². The van der Waals surface area contributed by atoms with Gasteiger partial charge in [-0.15, -0.1) is 0 Å². The Morgan fingerprint density at radius 1 is 1.19 bits per heavy atom. The predicted molar refractivity (Wildman–Crippen MR) is 126 cm³/mol. The number of thiocarbonyl (C=S) groups is 1. The maximum absolute atomic E-state index is 12.7. The van der Waals surface area contributed by atoms with Crippen LogP contribution in [0.25, 0.3) is 0 Å². The van der Waals surface area contributed by atoms with Gasteiger partial charge in [-0.2, -0.15) is 0 Å². The van der Waals surface area contributed by atoms with E-state index in [1.54, 1.807) is 11.8 Å². The van der Waals surface area contributed by atoms with Crippen molar-refractivity contribution < 1.29 is 23.7 Å². The van der Waals surface area contributed by atoms with Crippen molar-refractivity contribution in [1.29, 1.82) is 0 Å². The molecule has 0 amide bonds. The fourth-order valence-electron chi connectivity index (χ4n) is 5.61. The van der Waals surface area contributed by atoms with Crippen molar-refractivity contribution in [2.24, 2.45) is 28.6 Å². The van der Waals surface area contributed by atoms with E-state index in [-0.39, 0.29) is 34.3 Å². The van der Waals surface area contributed by atoms with E-state index in [0.717, 1.165) is 31.6 Å². The second-order valence-corrected chi connectivity index (χ2v) is 13.4. The van der Waals surface area contributed by atoms with E-state index in [9.17, 15) is 4.79 Å². The number of fused-ring (bicyclic) bond motifs is 6. The standard InChI is InChI=1S/C24H36O5S2/c1-23(2,3)10-29-22(30)31-13-7-14-18(16(8-13)21(25)26-6)15-9-17-20(19(14)15)28-12-24(4,5)11-27-17/h13-15,17,19-20H,7-12H2,1-6H3/t13?,14?,15-,17?,19+,20?/m0/s1. The summed E-state index contributed by atoms with van der Waals surface area (Å²) >= 11 is 7.11. The molecule has 4 rings (SSSR count). The summed E-state index contributed by atoms with van der Waals surface area (Å²) in [5.41, 5.74) is 2.26. The number of allylic oxidation sites excluding steroid dienone is 1. The van der Waals surface area contributed by atoms with E-state index >= 15 is 0 Å².